The molecule has 0 aromatic heterocycles. The second-order valence-corrected chi connectivity index (χ2v) is 6.03. The van der Waals surface area contributed by atoms with E-state index in [0.717, 1.165) is 0 Å². The van der Waals surface area contributed by atoms with Crippen molar-refractivity contribution in [3.8, 4) is 0 Å². The van der Waals surface area contributed by atoms with E-state index in [4.69, 9.17) is 0 Å². The smallest absolute Gasteiger partial charge is 0.00555 e. The van der Waals surface area contributed by atoms with Crippen molar-refractivity contribution in [1.29, 1.82) is 0 Å². The van der Waals surface area contributed by atoms with Gasteiger partial charge in [0.25, 0.3) is 0 Å². The summed E-state index contributed by atoms with van der Waals surface area (Å²) >= 11 is 0. The molecule has 1 nitrogen and oxygen atoms in total. The third kappa shape index (κ3) is 17.5. The van der Waals surface area contributed by atoms with Gasteiger partial charge in [-0.15, -0.1) is 0 Å². The van der Waals surface area contributed by atoms with E-state index in [2.05, 4.69) is 38.2 Å². The molecule has 0 amide bonds. The van der Waals surface area contributed by atoms with Gasteiger partial charge in [0.05, 0.1) is 0 Å². The maximum absolute atomic E-state index is 2.29. The van der Waals surface area contributed by atoms with Crippen LogP contribution in [0.2, 0.25) is 0 Å². The number of allylic oxidation sites excluding steroid dienone is 1. The predicted molar refractivity (Wildman–Crippen MR) is 88.5 cm³/mol. The summed E-state index contributed by atoms with van der Waals surface area (Å²) in [6.45, 7) is 2.29. The molecule has 0 rings (SSSR count). The molecule has 0 aliphatic heterocycles. The summed E-state index contributed by atoms with van der Waals surface area (Å²) < 4.78 is 0. The number of hydrogen-bond acceptors (Lipinski definition) is 1. The minimum Gasteiger partial charge on any atom is -0.384 e. The quantitative estimate of drug-likeness (QED) is 0.341. The molecule has 0 heterocycles. The molecule has 0 aromatic carbocycles. The average molecular weight is 268 g/mol. The van der Waals surface area contributed by atoms with Gasteiger partial charge in [0, 0.05) is 14.1 Å². The van der Waals surface area contributed by atoms with Crippen LogP contribution in [-0.4, -0.2) is 19.0 Å². The molecule has 0 aliphatic rings. The van der Waals surface area contributed by atoms with Gasteiger partial charge in [-0.25, -0.2) is 0 Å². The SMILES string of the molecule is CCCCCCCCCCCCCC/C=C/N(C)C. The lowest BCUT2D eigenvalue weighted by molar-refractivity contribution is 0.542. The average Bonchev–Trinajstić information content (AvgIpc) is 2.39. The first-order chi connectivity index (χ1) is 9.27. The van der Waals surface area contributed by atoms with Crippen LogP contribution in [0.25, 0.3) is 0 Å². The Labute approximate surface area is 122 Å². The van der Waals surface area contributed by atoms with E-state index in [-0.39, 0.29) is 0 Å². The monoisotopic (exact) mass is 267 g/mol. The van der Waals surface area contributed by atoms with Crippen LogP contribution in [0.4, 0.5) is 0 Å². The van der Waals surface area contributed by atoms with Crippen LogP contribution < -0.4 is 0 Å². The molecule has 0 unspecified atom stereocenters. The van der Waals surface area contributed by atoms with E-state index >= 15 is 0 Å². The first-order valence-corrected chi connectivity index (χ1v) is 8.60. The van der Waals surface area contributed by atoms with E-state index in [1.54, 1.807) is 0 Å². The van der Waals surface area contributed by atoms with E-state index < -0.39 is 0 Å². The Morgan fingerprint density at radius 2 is 1.05 bits per heavy atom. The highest BCUT2D eigenvalue weighted by Crippen LogP contribution is 2.12. The summed E-state index contributed by atoms with van der Waals surface area (Å²) in [7, 11) is 4.16. The van der Waals surface area contributed by atoms with Crippen molar-refractivity contribution in [2.24, 2.45) is 0 Å². The Morgan fingerprint density at radius 1 is 0.632 bits per heavy atom. The second kappa shape index (κ2) is 15.6. The van der Waals surface area contributed by atoms with Gasteiger partial charge in [-0.3, -0.25) is 0 Å². The van der Waals surface area contributed by atoms with Crippen molar-refractivity contribution in [2.45, 2.75) is 90.4 Å². The van der Waals surface area contributed by atoms with Crippen molar-refractivity contribution in [3.05, 3.63) is 12.3 Å². The minimum absolute atomic E-state index is 1.25. The van der Waals surface area contributed by atoms with Crippen LogP contribution >= 0.6 is 0 Å². The van der Waals surface area contributed by atoms with E-state index in [1.807, 2.05) is 0 Å². The molecule has 0 N–H and O–H groups in total. The second-order valence-electron chi connectivity index (χ2n) is 6.03. The fraction of sp³-hybridized carbons (Fsp3) is 0.889. The molecule has 0 fully saturated rings. The predicted octanol–water partition coefficient (Wildman–Crippen LogP) is 6.15. The van der Waals surface area contributed by atoms with Crippen molar-refractivity contribution < 1.29 is 0 Å². The van der Waals surface area contributed by atoms with Gasteiger partial charge in [0.1, 0.15) is 0 Å². The van der Waals surface area contributed by atoms with E-state index in [1.165, 1.54) is 83.5 Å². The Kier molecular flexibility index (Phi) is 15.2. The lowest BCUT2D eigenvalue weighted by atomic mass is 10.0. The summed E-state index contributed by atoms with van der Waals surface area (Å²) in [5.41, 5.74) is 0. The molecule has 0 aliphatic carbocycles. The van der Waals surface area contributed by atoms with Gasteiger partial charge in [-0.2, -0.15) is 0 Å². The Balaban J connectivity index is 2.99. The van der Waals surface area contributed by atoms with Gasteiger partial charge >= 0.3 is 0 Å². The van der Waals surface area contributed by atoms with E-state index in [9.17, 15) is 0 Å². The zero-order chi connectivity index (χ0) is 14.2. The van der Waals surface area contributed by atoms with Crippen LogP contribution in [0.5, 0.6) is 0 Å². The first kappa shape index (κ1) is 18.5. The van der Waals surface area contributed by atoms with Crippen LogP contribution in [0.15, 0.2) is 12.3 Å². The molecule has 0 bridgehead atoms. The van der Waals surface area contributed by atoms with Gasteiger partial charge in [0.15, 0.2) is 0 Å². The van der Waals surface area contributed by atoms with Crippen molar-refractivity contribution in [3.63, 3.8) is 0 Å². The standard InChI is InChI=1S/C18H37N/c1-4-5-6-7-8-9-10-11-12-13-14-15-16-17-18-19(2)3/h17-18H,4-16H2,1-3H3/b18-17+. The maximum Gasteiger partial charge on any atom is 0.00555 e. The van der Waals surface area contributed by atoms with Crippen LogP contribution in [0.1, 0.15) is 90.4 Å². The number of rotatable bonds is 14. The van der Waals surface area contributed by atoms with Crippen LogP contribution in [-0.2, 0) is 0 Å². The molecule has 19 heavy (non-hydrogen) atoms. The fourth-order valence-corrected chi connectivity index (χ4v) is 2.39. The first-order valence-electron chi connectivity index (χ1n) is 8.60. The number of nitrogens with zero attached hydrogens (tertiary/aromatic N) is 1. The number of unbranched alkanes of at least 4 members (excludes halogenated alkanes) is 12. The maximum atomic E-state index is 2.29. The van der Waals surface area contributed by atoms with Crippen molar-refractivity contribution >= 4 is 0 Å². The molecule has 0 aromatic rings. The number of hydrogen-bond donors (Lipinski definition) is 0. The zero-order valence-electron chi connectivity index (χ0n) is 13.8. The highest BCUT2D eigenvalue weighted by Gasteiger charge is 1.92. The Hall–Kier alpha value is -0.460. The summed E-state index contributed by atoms with van der Waals surface area (Å²) in [5.74, 6) is 0. The lowest BCUT2D eigenvalue weighted by Crippen LogP contribution is -1.99. The summed E-state index contributed by atoms with van der Waals surface area (Å²) in [6.07, 6.45) is 22.9. The summed E-state index contributed by atoms with van der Waals surface area (Å²) in [6, 6.07) is 0. The highest BCUT2D eigenvalue weighted by molar-refractivity contribution is 4.78. The molecule has 0 atom stereocenters. The molecule has 114 valence electrons. The zero-order valence-corrected chi connectivity index (χ0v) is 13.8. The van der Waals surface area contributed by atoms with Gasteiger partial charge in [-0.1, -0.05) is 83.6 Å². The largest absolute Gasteiger partial charge is 0.384 e. The van der Waals surface area contributed by atoms with Crippen molar-refractivity contribution in [2.75, 3.05) is 14.1 Å². The van der Waals surface area contributed by atoms with Gasteiger partial charge < -0.3 is 4.90 Å². The third-order valence-corrected chi connectivity index (χ3v) is 3.63. The minimum atomic E-state index is 1.25. The molecule has 0 radical (unpaired) electrons. The summed E-state index contributed by atoms with van der Waals surface area (Å²) in [4.78, 5) is 2.11. The molecule has 0 spiro atoms. The lowest BCUT2D eigenvalue weighted by Gasteiger charge is -2.03. The molecule has 0 saturated heterocycles. The van der Waals surface area contributed by atoms with Gasteiger partial charge in [-0.05, 0) is 19.0 Å². The summed E-state index contributed by atoms with van der Waals surface area (Å²) in [5, 5.41) is 0. The molecular weight excluding hydrogens is 230 g/mol. The molecular formula is C18H37N. The molecule has 1 heteroatoms. The van der Waals surface area contributed by atoms with Gasteiger partial charge in [0.2, 0.25) is 0 Å². The van der Waals surface area contributed by atoms with E-state index in [0.29, 0.717) is 0 Å². The van der Waals surface area contributed by atoms with Crippen molar-refractivity contribution in [1.82, 2.24) is 4.90 Å². The fourth-order valence-electron chi connectivity index (χ4n) is 2.39. The normalized spacial score (nSPS) is 11.3. The topological polar surface area (TPSA) is 3.24 Å². The third-order valence-electron chi connectivity index (χ3n) is 3.63. The molecule has 0 saturated carbocycles. The van der Waals surface area contributed by atoms with Crippen LogP contribution in [0, 0.1) is 0 Å². The van der Waals surface area contributed by atoms with Crippen LogP contribution in [0.3, 0.4) is 0 Å². The Bertz CT molecular complexity index is 184. The highest BCUT2D eigenvalue weighted by atomic mass is 15.0. The Morgan fingerprint density at radius 3 is 1.47 bits per heavy atom.